The molecule has 0 amide bonds. The van der Waals surface area contributed by atoms with E-state index in [1.807, 2.05) is 26.0 Å². The number of rotatable bonds is 4. The highest BCUT2D eigenvalue weighted by Gasteiger charge is 2.09. The van der Waals surface area contributed by atoms with Gasteiger partial charge >= 0.3 is 0 Å². The Morgan fingerprint density at radius 3 is 2.53 bits per heavy atom. The van der Waals surface area contributed by atoms with Crippen LogP contribution in [0.4, 0.5) is 5.69 Å². The zero-order valence-electron chi connectivity index (χ0n) is 12.1. The van der Waals surface area contributed by atoms with Gasteiger partial charge in [0.25, 0.3) is 0 Å². The van der Waals surface area contributed by atoms with Gasteiger partial charge in [-0.2, -0.15) is 0 Å². The van der Waals surface area contributed by atoms with E-state index in [1.54, 1.807) is 0 Å². The third kappa shape index (κ3) is 4.67. The molecular formula is C16H23N3. The van der Waals surface area contributed by atoms with E-state index >= 15 is 0 Å². The Balaban J connectivity index is 2.82. The lowest BCUT2D eigenvalue weighted by Crippen LogP contribution is -2.26. The normalized spacial score (nSPS) is 13.4. The minimum absolute atomic E-state index is 0.194. The molecule has 102 valence electrons. The molecule has 1 rings (SSSR count). The third-order valence-electron chi connectivity index (χ3n) is 2.91. The fraction of sp³-hybridized carbons (Fsp3) is 0.438. The van der Waals surface area contributed by atoms with Crippen LogP contribution in [0.2, 0.25) is 0 Å². The van der Waals surface area contributed by atoms with Gasteiger partial charge in [0.1, 0.15) is 6.04 Å². The van der Waals surface area contributed by atoms with E-state index in [0.717, 1.165) is 5.69 Å². The predicted octanol–water partition coefficient (Wildman–Crippen LogP) is 3.19. The second-order valence-electron chi connectivity index (χ2n) is 5.28. The van der Waals surface area contributed by atoms with Crippen molar-refractivity contribution in [2.45, 2.75) is 39.7 Å². The van der Waals surface area contributed by atoms with Crippen LogP contribution in [-0.2, 0) is 0 Å². The first-order valence-corrected chi connectivity index (χ1v) is 6.60. The monoisotopic (exact) mass is 257 g/mol. The second-order valence-corrected chi connectivity index (χ2v) is 5.28. The van der Waals surface area contributed by atoms with E-state index in [-0.39, 0.29) is 12.0 Å². The lowest BCUT2D eigenvalue weighted by Gasteiger charge is -2.13. The number of terminal acetylenes is 1. The summed E-state index contributed by atoms with van der Waals surface area (Å²) in [4.78, 5) is 4.31. The molecule has 0 aliphatic rings. The molecule has 0 saturated carbocycles. The Morgan fingerprint density at radius 2 is 2.00 bits per heavy atom. The molecule has 0 spiro atoms. The highest BCUT2D eigenvalue weighted by Crippen LogP contribution is 2.18. The molecule has 19 heavy (non-hydrogen) atoms. The molecule has 0 saturated heterocycles. The standard InChI is InChI=1S/C16H23N3/c1-6-15(12(4)5)19-16(17)18-14-9-7-8-13(10-14)11(2)3/h1,7-12,15H,2-5H3,(H3,17,18,19). The van der Waals surface area contributed by atoms with Crippen molar-refractivity contribution in [3.8, 4) is 12.3 Å². The molecule has 0 bridgehead atoms. The van der Waals surface area contributed by atoms with Crippen LogP contribution in [0.3, 0.4) is 0 Å². The smallest absolute Gasteiger partial charge is 0.194 e. The summed E-state index contributed by atoms with van der Waals surface area (Å²) in [6.07, 6.45) is 5.44. The van der Waals surface area contributed by atoms with Gasteiger partial charge in [0, 0.05) is 5.69 Å². The maximum atomic E-state index is 5.89. The van der Waals surface area contributed by atoms with Crippen LogP contribution in [0.25, 0.3) is 0 Å². The molecule has 1 unspecified atom stereocenters. The molecule has 0 fully saturated rings. The number of anilines is 1. The summed E-state index contributed by atoms with van der Waals surface area (Å²) in [5.74, 6) is 3.75. The lowest BCUT2D eigenvalue weighted by molar-refractivity contribution is 0.586. The highest BCUT2D eigenvalue weighted by atomic mass is 15.1. The fourth-order valence-electron chi connectivity index (χ4n) is 1.68. The molecule has 0 aliphatic heterocycles. The summed E-state index contributed by atoms with van der Waals surface area (Å²) in [6.45, 7) is 8.37. The maximum Gasteiger partial charge on any atom is 0.194 e. The van der Waals surface area contributed by atoms with Gasteiger partial charge in [0.15, 0.2) is 5.96 Å². The molecule has 1 aromatic rings. The molecule has 0 aliphatic carbocycles. The van der Waals surface area contributed by atoms with Crippen LogP contribution in [0, 0.1) is 18.3 Å². The maximum absolute atomic E-state index is 5.89. The number of guanidine groups is 1. The molecular weight excluding hydrogens is 234 g/mol. The van der Waals surface area contributed by atoms with Gasteiger partial charge in [-0.1, -0.05) is 45.7 Å². The Labute approximate surface area is 116 Å². The topological polar surface area (TPSA) is 50.4 Å². The average molecular weight is 257 g/mol. The molecule has 0 radical (unpaired) electrons. The predicted molar refractivity (Wildman–Crippen MR) is 83.2 cm³/mol. The summed E-state index contributed by atoms with van der Waals surface area (Å²) in [7, 11) is 0. The second kappa shape index (κ2) is 6.84. The van der Waals surface area contributed by atoms with Crippen LogP contribution < -0.4 is 11.1 Å². The Kier molecular flexibility index (Phi) is 5.44. The van der Waals surface area contributed by atoms with Crippen molar-refractivity contribution in [3.05, 3.63) is 29.8 Å². The molecule has 1 aromatic carbocycles. The number of hydrogen-bond donors (Lipinski definition) is 2. The van der Waals surface area contributed by atoms with Crippen molar-refractivity contribution in [1.29, 1.82) is 0 Å². The van der Waals surface area contributed by atoms with Crippen molar-refractivity contribution in [2.24, 2.45) is 16.6 Å². The van der Waals surface area contributed by atoms with E-state index in [2.05, 4.69) is 42.2 Å². The van der Waals surface area contributed by atoms with E-state index in [4.69, 9.17) is 12.2 Å². The van der Waals surface area contributed by atoms with Gasteiger partial charge in [0.2, 0.25) is 0 Å². The van der Waals surface area contributed by atoms with Crippen LogP contribution in [0.5, 0.6) is 0 Å². The minimum atomic E-state index is -0.194. The third-order valence-corrected chi connectivity index (χ3v) is 2.91. The Bertz CT molecular complexity index is 481. The molecule has 3 nitrogen and oxygen atoms in total. The number of nitrogens with one attached hydrogen (secondary N) is 1. The Hall–Kier alpha value is -1.95. The van der Waals surface area contributed by atoms with Crippen LogP contribution in [-0.4, -0.2) is 12.0 Å². The van der Waals surface area contributed by atoms with Gasteiger partial charge < -0.3 is 11.1 Å². The molecule has 3 N–H and O–H groups in total. The van der Waals surface area contributed by atoms with E-state index < -0.39 is 0 Å². The number of benzene rings is 1. The van der Waals surface area contributed by atoms with Crippen molar-refractivity contribution in [1.82, 2.24) is 0 Å². The van der Waals surface area contributed by atoms with Crippen molar-refractivity contribution < 1.29 is 0 Å². The summed E-state index contributed by atoms with van der Waals surface area (Å²) >= 11 is 0. The van der Waals surface area contributed by atoms with Gasteiger partial charge in [-0.3, -0.25) is 0 Å². The quantitative estimate of drug-likeness (QED) is 0.494. The minimum Gasteiger partial charge on any atom is -0.370 e. The van der Waals surface area contributed by atoms with Crippen molar-refractivity contribution in [3.63, 3.8) is 0 Å². The Morgan fingerprint density at radius 1 is 1.32 bits per heavy atom. The van der Waals surface area contributed by atoms with Gasteiger partial charge in [-0.15, -0.1) is 6.42 Å². The number of nitrogens with two attached hydrogens (primary N) is 1. The largest absolute Gasteiger partial charge is 0.370 e. The van der Waals surface area contributed by atoms with Gasteiger partial charge in [-0.05, 0) is 29.5 Å². The molecule has 0 aromatic heterocycles. The highest BCUT2D eigenvalue weighted by molar-refractivity contribution is 5.92. The summed E-state index contributed by atoms with van der Waals surface area (Å²) < 4.78 is 0. The van der Waals surface area contributed by atoms with Crippen LogP contribution >= 0.6 is 0 Å². The fourth-order valence-corrected chi connectivity index (χ4v) is 1.68. The van der Waals surface area contributed by atoms with E-state index in [9.17, 15) is 0 Å². The van der Waals surface area contributed by atoms with Crippen molar-refractivity contribution >= 4 is 11.6 Å². The van der Waals surface area contributed by atoms with Crippen LogP contribution in [0.1, 0.15) is 39.2 Å². The number of nitrogens with zero attached hydrogens (tertiary/aromatic N) is 1. The summed E-state index contributed by atoms with van der Waals surface area (Å²) in [5, 5.41) is 3.09. The first-order chi connectivity index (χ1) is 8.93. The van der Waals surface area contributed by atoms with Gasteiger partial charge in [-0.25, -0.2) is 4.99 Å². The molecule has 0 heterocycles. The van der Waals surface area contributed by atoms with Crippen molar-refractivity contribution in [2.75, 3.05) is 5.32 Å². The van der Waals surface area contributed by atoms with E-state index in [1.165, 1.54) is 5.56 Å². The number of hydrogen-bond acceptors (Lipinski definition) is 1. The average Bonchev–Trinajstić information content (AvgIpc) is 2.35. The van der Waals surface area contributed by atoms with Crippen LogP contribution in [0.15, 0.2) is 29.3 Å². The zero-order chi connectivity index (χ0) is 14.4. The molecule has 1 atom stereocenters. The zero-order valence-corrected chi connectivity index (χ0v) is 12.1. The SMILES string of the molecule is C#CC(N=C(N)Nc1cccc(C(C)C)c1)C(C)C. The first-order valence-electron chi connectivity index (χ1n) is 6.60. The lowest BCUT2D eigenvalue weighted by atomic mass is 10.0. The number of aliphatic imine (C=N–C) groups is 1. The van der Waals surface area contributed by atoms with Gasteiger partial charge in [0.05, 0.1) is 0 Å². The molecule has 3 heteroatoms. The summed E-state index contributed by atoms with van der Waals surface area (Å²) in [5.41, 5.74) is 8.09. The van der Waals surface area contributed by atoms with E-state index in [0.29, 0.717) is 11.9 Å². The summed E-state index contributed by atoms with van der Waals surface area (Å²) in [6, 6.07) is 7.95. The first kappa shape index (κ1) is 15.1.